The summed E-state index contributed by atoms with van der Waals surface area (Å²) in [6.45, 7) is 2.85. The fourth-order valence-corrected chi connectivity index (χ4v) is 1.76. The Bertz CT molecular complexity index is 384. The Morgan fingerprint density at radius 3 is 2.88 bits per heavy atom. The minimum Gasteiger partial charge on any atom is -0.481 e. The number of hydrogen-bond donors (Lipinski definition) is 1. The molecule has 4 nitrogen and oxygen atoms in total. The van der Waals surface area contributed by atoms with E-state index in [2.05, 4.69) is 16.8 Å². The lowest BCUT2D eigenvalue weighted by molar-refractivity contribution is 0.251. The number of ether oxygens (including phenoxy) is 1. The normalized spacial score (nSPS) is 12.5. The summed E-state index contributed by atoms with van der Waals surface area (Å²) in [5, 5.41) is 0. The van der Waals surface area contributed by atoms with Gasteiger partial charge in [-0.15, -0.1) is 0 Å². The maximum Gasteiger partial charge on any atom is 0.213 e. The predicted octanol–water partition coefficient (Wildman–Crippen LogP) is 1.59. The first-order valence-corrected chi connectivity index (χ1v) is 5.92. The van der Waals surface area contributed by atoms with Crippen molar-refractivity contribution in [3.05, 3.63) is 23.9 Å². The Kier molecular flexibility index (Phi) is 5.31. The summed E-state index contributed by atoms with van der Waals surface area (Å²) < 4.78 is 5.09. The highest BCUT2D eigenvalue weighted by molar-refractivity contribution is 7.80. The highest BCUT2D eigenvalue weighted by Crippen LogP contribution is 2.10. The van der Waals surface area contributed by atoms with Gasteiger partial charge in [0.15, 0.2) is 0 Å². The second-order valence-corrected chi connectivity index (χ2v) is 4.63. The van der Waals surface area contributed by atoms with Gasteiger partial charge in [-0.3, -0.25) is 4.90 Å². The first-order valence-electron chi connectivity index (χ1n) is 5.51. The molecule has 0 aromatic carbocycles. The van der Waals surface area contributed by atoms with Gasteiger partial charge < -0.3 is 10.5 Å². The van der Waals surface area contributed by atoms with Crippen LogP contribution in [0.15, 0.2) is 18.2 Å². The van der Waals surface area contributed by atoms with Crippen LogP contribution in [-0.4, -0.2) is 35.1 Å². The Balaban J connectivity index is 2.60. The fourth-order valence-electron chi connectivity index (χ4n) is 1.52. The lowest BCUT2D eigenvalue weighted by Gasteiger charge is -2.23. The van der Waals surface area contributed by atoms with Crippen molar-refractivity contribution >= 4 is 17.2 Å². The van der Waals surface area contributed by atoms with Crippen molar-refractivity contribution in [3.8, 4) is 5.88 Å². The predicted molar refractivity (Wildman–Crippen MR) is 73.1 cm³/mol. The zero-order valence-corrected chi connectivity index (χ0v) is 11.3. The maximum atomic E-state index is 5.54. The van der Waals surface area contributed by atoms with E-state index in [-0.39, 0.29) is 0 Å². The molecule has 17 heavy (non-hydrogen) atoms. The number of aromatic nitrogens is 1. The largest absolute Gasteiger partial charge is 0.481 e. The van der Waals surface area contributed by atoms with Gasteiger partial charge in [0.1, 0.15) is 0 Å². The molecule has 1 atom stereocenters. The van der Waals surface area contributed by atoms with E-state index in [9.17, 15) is 0 Å². The van der Waals surface area contributed by atoms with Crippen molar-refractivity contribution in [1.82, 2.24) is 9.88 Å². The third kappa shape index (κ3) is 4.66. The van der Waals surface area contributed by atoms with Crippen molar-refractivity contribution in [1.29, 1.82) is 0 Å². The smallest absolute Gasteiger partial charge is 0.213 e. The quantitative estimate of drug-likeness (QED) is 0.780. The van der Waals surface area contributed by atoms with Gasteiger partial charge in [0, 0.05) is 25.1 Å². The molecule has 1 unspecified atom stereocenters. The molecule has 0 aliphatic rings. The van der Waals surface area contributed by atoms with E-state index >= 15 is 0 Å². The van der Waals surface area contributed by atoms with Gasteiger partial charge in [0.25, 0.3) is 0 Å². The van der Waals surface area contributed by atoms with Crippen molar-refractivity contribution in [2.75, 3.05) is 14.2 Å². The molecule has 2 N–H and O–H groups in total. The number of rotatable bonds is 6. The van der Waals surface area contributed by atoms with Crippen molar-refractivity contribution < 1.29 is 4.74 Å². The number of thiocarbonyl (C=S) groups is 1. The summed E-state index contributed by atoms with van der Waals surface area (Å²) in [6.07, 6.45) is 0.718. The third-order valence-electron chi connectivity index (χ3n) is 2.65. The van der Waals surface area contributed by atoms with Crippen LogP contribution in [0.5, 0.6) is 5.88 Å². The topological polar surface area (TPSA) is 51.4 Å². The van der Waals surface area contributed by atoms with Crippen LogP contribution in [-0.2, 0) is 6.54 Å². The molecule has 0 saturated heterocycles. The van der Waals surface area contributed by atoms with Crippen molar-refractivity contribution in [2.24, 2.45) is 5.73 Å². The van der Waals surface area contributed by atoms with Crippen LogP contribution in [0.25, 0.3) is 0 Å². The molecule has 0 saturated carbocycles. The average molecular weight is 253 g/mol. The van der Waals surface area contributed by atoms with E-state index < -0.39 is 0 Å². The van der Waals surface area contributed by atoms with Crippen LogP contribution in [0.4, 0.5) is 0 Å². The van der Waals surface area contributed by atoms with Gasteiger partial charge in [-0.05, 0) is 20.0 Å². The van der Waals surface area contributed by atoms with Crippen LogP contribution >= 0.6 is 12.2 Å². The Morgan fingerprint density at radius 2 is 2.29 bits per heavy atom. The highest BCUT2D eigenvalue weighted by Gasteiger charge is 2.11. The molecule has 0 aliphatic heterocycles. The summed E-state index contributed by atoms with van der Waals surface area (Å²) in [4.78, 5) is 7.08. The Labute approximate surface area is 108 Å². The lowest BCUT2D eigenvalue weighted by Crippen LogP contribution is -2.32. The molecule has 1 aromatic heterocycles. The SMILES string of the molecule is COc1cccc(CN(C)C(C)CC(N)=S)n1. The van der Waals surface area contributed by atoms with E-state index in [1.165, 1.54) is 0 Å². The third-order valence-corrected chi connectivity index (χ3v) is 2.82. The summed E-state index contributed by atoms with van der Waals surface area (Å²) in [5.74, 6) is 0.637. The van der Waals surface area contributed by atoms with E-state index in [0.717, 1.165) is 18.7 Å². The molecule has 1 aromatic rings. The minimum atomic E-state index is 0.306. The number of methoxy groups -OCH3 is 1. The standard InChI is InChI=1S/C12H19N3OS/c1-9(7-11(13)17)15(2)8-10-5-4-6-12(14-10)16-3/h4-6,9H,7-8H2,1-3H3,(H2,13,17). The molecular formula is C12H19N3OS. The Hall–Kier alpha value is -1.20. The van der Waals surface area contributed by atoms with Gasteiger partial charge in [-0.25, -0.2) is 4.98 Å². The van der Waals surface area contributed by atoms with Crippen LogP contribution in [0, 0.1) is 0 Å². The molecule has 0 amide bonds. The first-order chi connectivity index (χ1) is 8.02. The highest BCUT2D eigenvalue weighted by atomic mass is 32.1. The lowest BCUT2D eigenvalue weighted by atomic mass is 10.2. The molecular weight excluding hydrogens is 234 g/mol. The van der Waals surface area contributed by atoms with Crippen LogP contribution < -0.4 is 10.5 Å². The monoisotopic (exact) mass is 253 g/mol. The number of nitrogens with two attached hydrogens (primary N) is 1. The fraction of sp³-hybridized carbons (Fsp3) is 0.500. The van der Waals surface area contributed by atoms with E-state index in [1.807, 2.05) is 25.2 Å². The van der Waals surface area contributed by atoms with Crippen LogP contribution in [0.1, 0.15) is 19.0 Å². The van der Waals surface area contributed by atoms with Crippen LogP contribution in [0.2, 0.25) is 0 Å². The maximum absolute atomic E-state index is 5.54. The zero-order chi connectivity index (χ0) is 12.8. The summed E-state index contributed by atoms with van der Waals surface area (Å²) in [7, 11) is 3.65. The van der Waals surface area contributed by atoms with Gasteiger partial charge in [-0.1, -0.05) is 18.3 Å². The summed E-state index contributed by atoms with van der Waals surface area (Å²) in [5.41, 5.74) is 6.51. The van der Waals surface area contributed by atoms with E-state index in [4.69, 9.17) is 22.7 Å². The van der Waals surface area contributed by atoms with E-state index in [0.29, 0.717) is 16.9 Å². The van der Waals surface area contributed by atoms with Gasteiger partial charge in [0.05, 0.1) is 17.8 Å². The molecule has 0 bridgehead atoms. The minimum absolute atomic E-state index is 0.306. The van der Waals surface area contributed by atoms with Crippen molar-refractivity contribution in [2.45, 2.75) is 25.9 Å². The number of hydrogen-bond acceptors (Lipinski definition) is 4. The summed E-state index contributed by atoms with van der Waals surface area (Å²) in [6, 6.07) is 6.06. The first kappa shape index (κ1) is 13.9. The molecule has 0 aliphatic carbocycles. The molecule has 0 fully saturated rings. The zero-order valence-electron chi connectivity index (χ0n) is 10.5. The average Bonchev–Trinajstić information content (AvgIpc) is 2.28. The molecule has 0 radical (unpaired) electrons. The number of nitrogens with zero attached hydrogens (tertiary/aromatic N) is 2. The molecule has 1 heterocycles. The van der Waals surface area contributed by atoms with Crippen molar-refractivity contribution in [3.63, 3.8) is 0 Å². The molecule has 5 heteroatoms. The summed E-state index contributed by atoms with van der Waals surface area (Å²) >= 11 is 4.91. The van der Waals surface area contributed by atoms with E-state index in [1.54, 1.807) is 7.11 Å². The van der Waals surface area contributed by atoms with Crippen LogP contribution in [0.3, 0.4) is 0 Å². The second-order valence-electron chi connectivity index (χ2n) is 4.11. The molecule has 0 spiro atoms. The second kappa shape index (κ2) is 6.51. The number of pyridine rings is 1. The molecule has 1 rings (SSSR count). The Morgan fingerprint density at radius 1 is 1.59 bits per heavy atom. The van der Waals surface area contributed by atoms with Gasteiger partial charge in [0.2, 0.25) is 5.88 Å². The van der Waals surface area contributed by atoms with Gasteiger partial charge >= 0.3 is 0 Å². The molecule has 94 valence electrons. The van der Waals surface area contributed by atoms with Gasteiger partial charge in [-0.2, -0.15) is 0 Å².